The van der Waals surface area contributed by atoms with E-state index in [0.717, 1.165) is 24.9 Å². The monoisotopic (exact) mass is 199 g/mol. The lowest BCUT2D eigenvalue weighted by Gasteiger charge is -2.28. The third-order valence-corrected chi connectivity index (χ3v) is 3.34. The van der Waals surface area contributed by atoms with E-state index in [4.69, 9.17) is 5.11 Å². The van der Waals surface area contributed by atoms with Crippen LogP contribution in [0.3, 0.4) is 0 Å². The molecule has 0 saturated heterocycles. The van der Waals surface area contributed by atoms with Crippen LogP contribution in [0.5, 0.6) is 0 Å². The topological polar surface area (TPSA) is 32.3 Å². The maximum Gasteiger partial charge on any atom is 0.0636 e. The second-order valence-electron chi connectivity index (χ2n) is 4.81. The molecule has 3 unspecified atom stereocenters. The number of hydrogen-bond acceptors (Lipinski definition) is 2. The van der Waals surface area contributed by atoms with E-state index in [2.05, 4.69) is 12.2 Å². The molecule has 0 amide bonds. The van der Waals surface area contributed by atoms with Gasteiger partial charge in [0.1, 0.15) is 0 Å². The first kappa shape index (κ1) is 12.0. The van der Waals surface area contributed by atoms with Gasteiger partial charge >= 0.3 is 0 Å². The highest BCUT2D eigenvalue weighted by Crippen LogP contribution is 2.30. The summed E-state index contributed by atoms with van der Waals surface area (Å²) < 4.78 is 0. The summed E-state index contributed by atoms with van der Waals surface area (Å²) in [6.45, 7) is 5.98. The fourth-order valence-corrected chi connectivity index (χ4v) is 2.45. The Balaban J connectivity index is 2.11. The van der Waals surface area contributed by atoms with Crippen LogP contribution >= 0.6 is 0 Å². The smallest absolute Gasteiger partial charge is 0.0636 e. The van der Waals surface area contributed by atoms with Crippen LogP contribution in [0.15, 0.2) is 0 Å². The molecule has 0 bridgehead atoms. The van der Waals surface area contributed by atoms with Crippen molar-refractivity contribution in [2.45, 2.75) is 52.1 Å². The lowest BCUT2D eigenvalue weighted by molar-refractivity contribution is 0.183. The molecule has 84 valence electrons. The van der Waals surface area contributed by atoms with Crippen molar-refractivity contribution in [3.8, 4) is 0 Å². The summed E-state index contributed by atoms with van der Waals surface area (Å²) in [5.41, 5.74) is 0. The second kappa shape index (κ2) is 6.41. The molecule has 0 aliphatic heterocycles. The van der Waals surface area contributed by atoms with Crippen LogP contribution in [0.4, 0.5) is 0 Å². The van der Waals surface area contributed by atoms with E-state index < -0.39 is 0 Å². The highest BCUT2D eigenvalue weighted by molar-refractivity contribution is 4.74. The standard InChI is InChI=1S/C12H25NO/c1-3-11-5-4-6-12(7-11)9-13-8-10(2)14/h10-14H,3-9H2,1-2H3. The zero-order valence-corrected chi connectivity index (χ0v) is 9.63. The van der Waals surface area contributed by atoms with Crippen molar-refractivity contribution in [3.63, 3.8) is 0 Å². The Morgan fingerprint density at radius 3 is 2.71 bits per heavy atom. The van der Waals surface area contributed by atoms with E-state index in [0.29, 0.717) is 0 Å². The summed E-state index contributed by atoms with van der Waals surface area (Å²) in [5.74, 6) is 1.81. The third-order valence-electron chi connectivity index (χ3n) is 3.34. The van der Waals surface area contributed by atoms with Gasteiger partial charge in [0.2, 0.25) is 0 Å². The first-order valence-corrected chi connectivity index (χ1v) is 6.11. The zero-order valence-electron chi connectivity index (χ0n) is 9.63. The number of aliphatic hydroxyl groups excluding tert-OH is 1. The Morgan fingerprint density at radius 1 is 1.36 bits per heavy atom. The summed E-state index contributed by atoms with van der Waals surface area (Å²) in [7, 11) is 0. The molecule has 2 heteroatoms. The normalized spacial score (nSPS) is 30.2. The van der Waals surface area contributed by atoms with Gasteiger partial charge in [-0.1, -0.05) is 26.2 Å². The molecular formula is C12H25NO. The molecule has 1 fully saturated rings. The Hall–Kier alpha value is -0.0800. The number of rotatable bonds is 5. The molecule has 2 N–H and O–H groups in total. The second-order valence-corrected chi connectivity index (χ2v) is 4.81. The number of aliphatic hydroxyl groups is 1. The Kier molecular flexibility index (Phi) is 5.49. The van der Waals surface area contributed by atoms with E-state index >= 15 is 0 Å². The Morgan fingerprint density at radius 2 is 2.07 bits per heavy atom. The van der Waals surface area contributed by atoms with Gasteiger partial charge in [-0.15, -0.1) is 0 Å². The molecule has 1 aliphatic rings. The van der Waals surface area contributed by atoms with E-state index in [1.54, 1.807) is 0 Å². The highest BCUT2D eigenvalue weighted by Gasteiger charge is 2.20. The summed E-state index contributed by atoms with van der Waals surface area (Å²) in [4.78, 5) is 0. The molecule has 1 rings (SSSR count). The van der Waals surface area contributed by atoms with Crippen molar-refractivity contribution in [2.75, 3.05) is 13.1 Å². The number of nitrogens with one attached hydrogen (secondary N) is 1. The molecule has 2 nitrogen and oxygen atoms in total. The first-order valence-electron chi connectivity index (χ1n) is 6.11. The predicted octanol–water partition coefficient (Wildman–Crippen LogP) is 2.17. The van der Waals surface area contributed by atoms with Crippen LogP contribution in [-0.4, -0.2) is 24.3 Å². The average molecular weight is 199 g/mol. The van der Waals surface area contributed by atoms with Crippen LogP contribution in [0.2, 0.25) is 0 Å². The fraction of sp³-hybridized carbons (Fsp3) is 1.00. The van der Waals surface area contributed by atoms with Crippen molar-refractivity contribution in [1.29, 1.82) is 0 Å². The molecule has 0 aromatic heterocycles. The molecule has 0 aromatic rings. The summed E-state index contributed by atoms with van der Waals surface area (Å²) >= 11 is 0. The van der Waals surface area contributed by atoms with Gasteiger partial charge in [-0.05, 0) is 38.1 Å². The van der Waals surface area contributed by atoms with Gasteiger partial charge in [-0.2, -0.15) is 0 Å². The third kappa shape index (κ3) is 4.43. The molecule has 0 aromatic carbocycles. The van der Waals surface area contributed by atoms with Gasteiger partial charge in [0.25, 0.3) is 0 Å². The largest absolute Gasteiger partial charge is 0.392 e. The van der Waals surface area contributed by atoms with Gasteiger partial charge < -0.3 is 10.4 Å². The molecule has 1 aliphatic carbocycles. The van der Waals surface area contributed by atoms with Crippen molar-refractivity contribution in [2.24, 2.45) is 11.8 Å². The summed E-state index contributed by atoms with van der Waals surface area (Å²) in [5, 5.41) is 12.5. The molecule has 0 heterocycles. The van der Waals surface area contributed by atoms with Crippen molar-refractivity contribution in [3.05, 3.63) is 0 Å². The quantitative estimate of drug-likeness (QED) is 0.711. The summed E-state index contributed by atoms with van der Waals surface area (Å²) in [6, 6.07) is 0. The van der Waals surface area contributed by atoms with Crippen LogP contribution < -0.4 is 5.32 Å². The van der Waals surface area contributed by atoms with Crippen molar-refractivity contribution < 1.29 is 5.11 Å². The minimum atomic E-state index is -0.208. The maximum atomic E-state index is 9.12. The Labute approximate surface area is 88.1 Å². The molecule has 14 heavy (non-hydrogen) atoms. The van der Waals surface area contributed by atoms with Gasteiger partial charge in [-0.25, -0.2) is 0 Å². The predicted molar refractivity (Wildman–Crippen MR) is 60.3 cm³/mol. The Bertz CT molecular complexity index is 147. The van der Waals surface area contributed by atoms with Gasteiger partial charge in [0.05, 0.1) is 6.10 Å². The SMILES string of the molecule is CCC1CCCC(CNCC(C)O)C1. The lowest BCUT2D eigenvalue weighted by atomic mass is 9.80. The molecule has 0 radical (unpaired) electrons. The highest BCUT2D eigenvalue weighted by atomic mass is 16.3. The van der Waals surface area contributed by atoms with Crippen molar-refractivity contribution >= 4 is 0 Å². The van der Waals surface area contributed by atoms with Gasteiger partial charge in [0.15, 0.2) is 0 Å². The first-order chi connectivity index (χ1) is 6.72. The molecular weight excluding hydrogens is 174 g/mol. The van der Waals surface area contributed by atoms with E-state index in [1.807, 2.05) is 6.92 Å². The van der Waals surface area contributed by atoms with Crippen molar-refractivity contribution in [1.82, 2.24) is 5.32 Å². The molecule has 3 atom stereocenters. The van der Waals surface area contributed by atoms with Crippen LogP contribution in [0.1, 0.15) is 46.0 Å². The lowest BCUT2D eigenvalue weighted by Crippen LogP contribution is -2.31. The van der Waals surface area contributed by atoms with Crippen LogP contribution in [-0.2, 0) is 0 Å². The van der Waals surface area contributed by atoms with Crippen LogP contribution in [0.25, 0.3) is 0 Å². The van der Waals surface area contributed by atoms with E-state index in [9.17, 15) is 0 Å². The average Bonchev–Trinajstić information content (AvgIpc) is 2.18. The minimum Gasteiger partial charge on any atom is -0.392 e. The molecule has 1 saturated carbocycles. The van der Waals surface area contributed by atoms with E-state index in [1.165, 1.54) is 32.1 Å². The minimum absolute atomic E-state index is 0.208. The zero-order chi connectivity index (χ0) is 10.4. The maximum absolute atomic E-state index is 9.12. The fourth-order valence-electron chi connectivity index (χ4n) is 2.45. The van der Waals surface area contributed by atoms with Gasteiger partial charge in [0, 0.05) is 6.54 Å². The number of hydrogen-bond donors (Lipinski definition) is 2. The summed E-state index contributed by atoms with van der Waals surface area (Å²) in [6.07, 6.45) is 6.74. The van der Waals surface area contributed by atoms with Gasteiger partial charge in [-0.3, -0.25) is 0 Å². The van der Waals surface area contributed by atoms with Crippen LogP contribution in [0, 0.1) is 11.8 Å². The van der Waals surface area contributed by atoms with E-state index in [-0.39, 0.29) is 6.10 Å². The molecule has 0 spiro atoms.